The minimum Gasteiger partial charge on any atom is -0.481 e. The quantitative estimate of drug-likeness (QED) is 0.389. The van der Waals surface area contributed by atoms with Crippen LogP contribution in [0.2, 0.25) is 0 Å². The van der Waals surface area contributed by atoms with E-state index in [0.29, 0.717) is 6.42 Å². The molecule has 0 spiro atoms. The standard InChI is InChI=1S/C25H28N2O6/c1-2-3-12-22(24(31)26-14-16(28)13-23(29)30)27-25(32)33-15-21-19-10-6-4-8-17(19)18-9-5-7-11-20(18)21/h2,4-11,16,21-22,28H,1,3,12-15H2,(H,26,31)(H,27,32)(H,29,30). The van der Waals surface area contributed by atoms with Crippen LogP contribution in [0.3, 0.4) is 0 Å². The van der Waals surface area contributed by atoms with E-state index in [2.05, 4.69) is 17.2 Å². The Kier molecular flexibility index (Phi) is 8.21. The van der Waals surface area contributed by atoms with Crippen LogP contribution in [-0.2, 0) is 14.3 Å². The lowest BCUT2D eigenvalue weighted by atomic mass is 9.98. The number of fused-ring (bicyclic) bond motifs is 3. The van der Waals surface area contributed by atoms with Crippen molar-refractivity contribution in [2.24, 2.45) is 0 Å². The molecule has 0 heterocycles. The number of aliphatic carboxylic acids is 1. The third-order valence-electron chi connectivity index (χ3n) is 5.53. The van der Waals surface area contributed by atoms with Crippen molar-refractivity contribution in [2.75, 3.05) is 13.2 Å². The van der Waals surface area contributed by atoms with Crippen LogP contribution in [0.5, 0.6) is 0 Å². The van der Waals surface area contributed by atoms with Crippen LogP contribution >= 0.6 is 0 Å². The highest BCUT2D eigenvalue weighted by atomic mass is 16.5. The summed E-state index contributed by atoms with van der Waals surface area (Å²) in [5.41, 5.74) is 4.40. The van der Waals surface area contributed by atoms with Gasteiger partial charge in [0.15, 0.2) is 0 Å². The number of hydrogen-bond acceptors (Lipinski definition) is 5. The van der Waals surface area contributed by atoms with Crippen LogP contribution < -0.4 is 10.6 Å². The number of nitrogens with one attached hydrogen (secondary N) is 2. The lowest BCUT2D eigenvalue weighted by molar-refractivity contribution is -0.139. The second-order valence-corrected chi connectivity index (χ2v) is 7.89. The summed E-state index contributed by atoms with van der Waals surface area (Å²) in [6.45, 7) is 3.51. The molecule has 1 aliphatic carbocycles. The highest BCUT2D eigenvalue weighted by Crippen LogP contribution is 2.44. The predicted octanol–water partition coefficient (Wildman–Crippen LogP) is 2.81. The van der Waals surface area contributed by atoms with Gasteiger partial charge < -0.3 is 25.6 Å². The van der Waals surface area contributed by atoms with Crippen LogP contribution in [0.25, 0.3) is 11.1 Å². The first-order valence-corrected chi connectivity index (χ1v) is 10.8. The van der Waals surface area contributed by atoms with E-state index in [1.165, 1.54) is 0 Å². The maximum absolute atomic E-state index is 12.5. The van der Waals surface area contributed by atoms with Gasteiger partial charge in [0, 0.05) is 12.5 Å². The molecule has 2 amide bonds. The van der Waals surface area contributed by atoms with Gasteiger partial charge in [-0.15, -0.1) is 6.58 Å². The molecule has 0 radical (unpaired) electrons. The van der Waals surface area contributed by atoms with Crippen molar-refractivity contribution in [3.63, 3.8) is 0 Å². The number of benzene rings is 2. The van der Waals surface area contributed by atoms with Gasteiger partial charge in [-0.1, -0.05) is 54.6 Å². The van der Waals surface area contributed by atoms with Crippen LogP contribution in [0.4, 0.5) is 4.79 Å². The van der Waals surface area contributed by atoms with Gasteiger partial charge in [-0.3, -0.25) is 9.59 Å². The van der Waals surface area contributed by atoms with Crippen LogP contribution in [-0.4, -0.2) is 53.5 Å². The van der Waals surface area contributed by atoms with E-state index in [4.69, 9.17) is 9.84 Å². The number of allylic oxidation sites excluding steroid dienone is 1. The van der Waals surface area contributed by atoms with Gasteiger partial charge >= 0.3 is 12.1 Å². The topological polar surface area (TPSA) is 125 Å². The number of carboxylic acid groups (broad SMARTS) is 1. The molecule has 0 saturated heterocycles. The van der Waals surface area contributed by atoms with Gasteiger partial charge in [-0.2, -0.15) is 0 Å². The number of carboxylic acids is 1. The molecule has 0 bridgehead atoms. The third kappa shape index (κ3) is 6.20. The van der Waals surface area contributed by atoms with Crippen molar-refractivity contribution in [1.82, 2.24) is 10.6 Å². The van der Waals surface area contributed by atoms with Crippen molar-refractivity contribution in [3.05, 3.63) is 72.3 Å². The summed E-state index contributed by atoms with van der Waals surface area (Å²) in [6, 6.07) is 15.1. The molecule has 0 aromatic heterocycles. The van der Waals surface area contributed by atoms with Gasteiger partial charge in [-0.25, -0.2) is 4.79 Å². The van der Waals surface area contributed by atoms with Crippen LogP contribution in [0, 0.1) is 0 Å². The molecule has 3 rings (SSSR count). The van der Waals surface area contributed by atoms with Crippen molar-refractivity contribution in [2.45, 2.75) is 37.3 Å². The lowest BCUT2D eigenvalue weighted by Gasteiger charge is -2.20. The summed E-state index contributed by atoms with van der Waals surface area (Å²) in [7, 11) is 0. The van der Waals surface area contributed by atoms with E-state index in [-0.39, 0.29) is 25.5 Å². The van der Waals surface area contributed by atoms with E-state index in [9.17, 15) is 19.5 Å². The van der Waals surface area contributed by atoms with E-state index in [1.807, 2.05) is 48.5 Å². The first-order valence-electron chi connectivity index (χ1n) is 10.8. The highest BCUT2D eigenvalue weighted by molar-refractivity contribution is 5.85. The SMILES string of the molecule is C=CCCC(NC(=O)OCC1c2ccccc2-c2ccccc21)C(=O)NCC(O)CC(=O)O. The smallest absolute Gasteiger partial charge is 0.407 e. The highest BCUT2D eigenvalue weighted by Gasteiger charge is 2.29. The Morgan fingerprint density at radius 2 is 1.67 bits per heavy atom. The fourth-order valence-electron chi connectivity index (χ4n) is 3.95. The minimum absolute atomic E-state index is 0.102. The third-order valence-corrected chi connectivity index (χ3v) is 5.53. The maximum Gasteiger partial charge on any atom is 0.407 e. The number of ether oxygens (including phenoxy) is 1. The van der Waals surface area contributed by atoms with Crippen LogP contribution in [0.1, 0.15) is 36.3 Å². The number of rotatable bonds is 11. The second-order valence-electron chi connectivity index (χ2n) is 7.89. The average Bonchev–Trinajstić information content (AvgIpc) is 3.12. The Labute approximate surface area is 192 Å². The molecule has 8 nitrogen and oxygen atoms in total. The Morgan fingerprint density at radius 3 is 2.24 bits per heavy atom. The summed E-state index contributed by atoms with van der Waals surface area (Å²) in [4.78, 5) is 35.7. The number of alkyl carbamates (subject to hydrolysis) is 1. The van der Waals surface area contributed by atoms with E-state index in [1.54, 1.807) is 6.08 Å². The van der Waals surface area contributed by atoms with Crippen molar-refractivity contribution in [3.8, 4) is 11.1 Å². The Morgan fingerprint density at radius 1 is 1.06 bits per heavy atom. The van der Waals surface area contributed by atoms with Gasteiger partial charge in [0.1, 0.15) is 12.6 Å². The zero-order valence-electron chi connectivity index (χ0n) is 18.2. The summed E-state index contributed by atoms with van der Waals surface area (Å²) in [5, 5.41) is 23.4. The molecule has 174 valence electrons. The molecule has 2 unspecified atom stereocenters. The molecule has 0 fully saturated rings. The molecule has 0 aliphatic heterocycles. The molecule has 2 aromatic carbocycles. The maximum atomic E-state index is 12.5. The molecule has 2 aromatic rings. The van der Waals surface area contributed by atoms with E-state index < -0.39 is 36.5 Å². The van der Waals surface area contributed by atoms with Crippen molar-refractivity contribution in [1.29, 1.82) is 0 Å². The first kappa shape index (κ1) is 24.0. The van der Waals surface area contributed by atoms with Gasteiger partial charge in [-0.05, 0) is 35.1 Å². The van der Waals surface area contributed by atoms with Crippen LogP contribution in [0.15, 0.2) is 61.2 Å². The zero-order chi connectivity index (χ0) is 23.8. The van der Waals surface area contributed by atoms with Gasteiger partial charge in [0.25, 0.3) is 0 Å². The summed E-state index contributed by atoms with van der Waals surface area (Å²) < 4.78 is 5.50. The molecule has 8 heteroatoms. The normalized spacial score (nSPS) is 13.8. The van der Waals surface area contributed by atoms with Gasteiger partial charge in [0.05, 0.1) is 12.5 Å². The second kappa shape index (κ2) is 11.3. The molecule has 2 atom stereocenters. The zero-order valence-corrected chi connectivity index (χ0v) is 18.2. The average molecular weight is 453 g/mol. The van der Waals surface area contributed by atoms with Crippen molar-refractivity contribution < 1.29 is 29.3 Å². The Bertz CT molecular complexity index is 976. The number of aliphatic hydroxyl groups excluding tert-OH is 1. The Balaban J connectivity index is 1.60. The molecular formula is C25H28N2O6. The number of aliphatic hydroxyl groups is 1. The van der Waals surface area contributed by atoms with E-state index in [0.717, 1.165) is 22.3 Å². The monoisotopic (exact) mass is 452 g/mol. The first-order chi connectivity index (χ1) is 15.9. The largest absolute Gasteiger partial charge is 0.481 e. The fraction of sp³-hybridized carbons (Fsp3) is 0.320. The van der Waals surface area contributed by atoms with E-state index >= 15 is 0 Å². The number of hydrogen-bond donors (Lipinski definition) is 4. The Hall–Kier alpha value is -3.65. The summed E-state index contributed by atoms with van der Waals surface area (Å²) in [5.74, 6) is -1.80. The van der Waals surface area contributed by atoms with Gasteiger partial charge in [0.2, 0.25) is 5.91 Å². The molecule has 0 saturated carbocycles. The predicted molar refractivity (Wildman–Crippen MR) is 123 cm³/mol. The fourth-order valence-corrected chi connectivity index (χ4v) is 3.95. The molecule has 1 aliphatic rings. The summed E-state index contributed by atoms with van der Waals surface area (Å²) >= 11 is 0. The number of carbonyl (C=O) groups excluding carboxylic acids is 2. The molecule has 33 heavy (non-hydrogen) atoms. The minimum atomic E-state index is -1.22. The molecule has 4 N–H and O–H groups in total. The summed E-state index contributed by atoms with van der Waals surface area (Å²) in [6.07, 6.45) is -0.0576. The number of carbonyl (C=O) groups is 3. The molecular weight excluding hydrogens is 424 g/mol. The lowest BCUT2D eigenvalue weighted by Crippen LogP contribution is -2.48. The number of amides is 2. The van der Waals surface area contributed by atoms with Crippen molar-refractivity contribution >= 4 is 18.0 Å².